The van der Waals surface area contributed by atoms with Crippen LogP contribution in [0.15, 0.2) is 18.3 Å². The average molecular weight is 269 g/mol. The second-order valence-corrected chi connectivity index (χ2v) is 4.72. The number of aliphatic hydroxyl groups is 1. The molecule has 1 heterocycles. The van der Waals surface area contributed by atoms with Crippen molar-refractivity contribution in [2.24, 2.45) is 5.73 Å². The summed E-state index contributed by atoms with van der Waals surface area (Å²) >= 11 is 0. The third kappa shape index (κ3) is 6.09. The fourth-order valence-electron chi connectivity index (χ4n) is 1.93. The van der Waals surface area contributed by atoms with E-state index in [9.17, 15) is 4.39 Å². The number of hydrogen-bond acceptors (Lipinski definition) is 4. The SMILES string of the molecule is CCCCN(CCO)CCC(N)c1ccc(F)cn1. The van der Waals surface area contributed by atoms with Gasteiger partial charge in [0.25, 0.3) is 0 Å². The molecule has 1 aromatic heterocycles. The van der Waals surface area contributed by atoms with Gasteiger partial charge in [-0.1, -0.05) is 13.3 Å². The van der Waals surface area contributed by atoms with Crippen LogP contribution in [-0.2, 0) is 0 Å². The van der Waals surface area contributed by atoms with Gasteiger partial charge in [0.2, 0.25) is 0 Å². The summed E-state index contributed by atoms with van der Waals surface area (Å²) in [4.78, 5) is 6.20. The maximum Gasteiger partial charge on any atom is 0.141 e. The van der Waals surface area contributed by atoms with E-state index in [2.05, 4.69) is 16.8 Å². The highest BCUT2D eigenvalue weighted by Gasteiger charge is 2.10. The summed E-state index contributed by atoms with van der Waals surface area (Å²) in [6.45, 7) is 4.77. The summed E-state index contributed by atoms with van der Waals surface area (Å²) in [5.41, 5.74) is 6.75. The molecule has 5 heteroatoms. The van der Waals surface area contributed by atoms with Crippen LogP contribution in [0.5, 0.6) is 0 Å². The second-order valence-electron chi connectivity index (χ2n) is 4.72. The maximum absolute atomic E-state index is 12.8. The lowest BCUT2D eigenvalue weighted by molar-refractivity contribution is 0.189. The van der Waals surface area contributed by atoms with Gasteiger partial charge in [0.1, 0.15) is 5.82 Å². The fraction of sp³-hybridized carbons (Fsp3) is 0.643. The van der Waals surface area contributed by atoms with Crippen molar-refractivity contribution in [1.29, 1.82) is 0 Å². The van der Waals surface area contributed by atoms with Gasteiger partial charge in [-0.2, -0.15) is 0 Å². The predicted molar refractivity (Wildman–Crippen MR) is 74.2 cm³/mol. The third-order valence-electron chi connectivity index (χ3n) is 3.13. The summed E-state index contributed by atoms with van der Waals surface area (Å²) < 4.78 is 12.8. The number of rotatable bonds is 9. The molecule has 0 saturated carbocycles. The third-order valence-corrected chi connectivity index (χ3v) is 3.13. The fourth-order valence-corrected chi connectivity index (χ4v) is 1.93. The molecule has 0 aliphatic rings. The first kappa shape index (κ1) is 16.0. The molecule has 0 fully saturated rings. The van der Waals surface area contributed by atoms with Gasteiger partial charge in [-0.25, -0.2) is 4.39 Å². The highest BCUT2D eigenvalue weighted by atomic mass is 19.1. The molecule has 1 atom stereocenters. The second kappa shape index (κ2) is 8.96. The molecule has 19 heavy (non-hydrogen) atoms. The first-order valence-electron chi connectivity index (χ1n) is 6.87. The van der Waals surface area contributed by atoms with Crippen LogP contribution in [0.3, 0.4) is 0 Å². The molecule has 0 aromatic carbocycles. The molecule has 0 amide bonds. The smallest absolute Gasteiger partial charge is 0.141 e. The minimum atomic E-state index is -0.346. The number of hydrogen-bond donors (Lipinski definition) is 2. The van der Waals surface area contributed by atoms with Crippen molar-refractivity contribution >= 4 is 0 Å². The Morgan fingerprint density at radius 1 is 1.37 bits per heavy atom. The summed E-state index contributed by atoms with van der Waals surface area (Å²) in [5, 5.41) is 9.02. The van der Waals surface area contributed by atoms with Crippen LogP contribution in [-0.4, -0.2) is 41.2 Å². The van der Waals surface area contributed by atoms with E-state index >= 15 is 0 Å². The number of pyridine rings is 1. The lowest BCUT2D eigenvalue weighted by Gasteiger charge is -2.22. The standard InChI is InChI=1S/C14H24FN3O/c1-2-3-7-18(9-10-19)8-6-13(16)14-5-4-12(15)11-17-14/h4-5,11,13,19H,2-3,6-10,16H2,1H3. The first-order valence-corrected chi connectivity index (χ1v) is 6.87. The van der Waals surface area contributed by atoms with E-state index in [0.29, 0.717) is 12.2 Å². The molecule has 108 valence electrons. The first-order chi connectivity index (χ1) is 9.17. The lowest BCUT2D eigenvalue weighted by Crippen LogP contribution is -2.31. The van der Waals surface area contributed by atoms with Gasteiger partial charge in [0.15, 0.2) is 0 Å². The van der Waals surface area contributed by atoms with Crippen LogP contribution < -0.4 is 5.73 Å². The van der Waals surface area contributed by atoms with Gasteiger partial charge in [0.05, 0.1) is 18.5 Å². The van der Waals surface area contributed by atoms with Crippen LogP contribution in [0.4, 0.5) is 4.39 Å². The number of unbranched alkanes of at least 4 members (excludes halogenated alkanes) is 1. The van der Waals surface area contributed by atoms with E-state index in [1.165, 1.54) is 12.3 Å². The highest BCUT2D eigenvalue weighted by molar-refractivity contribution is 5.09. The zero-order valence-corrected chi connectivity index (χ0v) is 11.6. The molecule has 3 N–H and O–H groups in total. The van der Waals surface area contributed by atoms with E-state index in [1.54, 1.807) is 6.07 Å². The summed E-state index contributed by atoms with van der Waals surface area (Å²) in [6, 6.07) is 2.82. The molecule has 1 aromatic rings. The summed E-state index contributed by atoms with van der Waals surface area (Å²) in [6.07, 6.45) is 4.19. The molecule has 1 rings (SSSR count). The topological polar surface area (TPSA) is 62.4 Å². The van der Waals surface area contributed by atoms with Crippen molar-refractivity contribution in [1.82, 2.24) is 9.88 Å². The molecule has 0 spiro atoms. The summed E-state index contributed by atoms with van der Waals surface area (Å²) in [7, 11) is 0. The Hall–Kier alpha value is -1.04. The minimum Gasteiger partial charge on any atom is -0.395 e. The molecule has 0 aliphatic heterocycles. The molecule has 4 nitrogen and oxygen atoms in total. The van der Waals surface area contributed by atoms with Crippen molar-refractivity contribution in [3.8, 4) is 0 Å². The van der Waals surface area contributed by atoms with E-state index in [-0.39, 0.29) is 18.5 Å². The number of aliphatic hydroxyl groups excluding tert-OH is 1. The Morgan fingerprint density at radius 3 is 2.74 bits per heavy atom. The molecule has 0 bridgehead atoms. The number of nitrogens with zero attached hydrogens (tertiary/aromatic N) is 2. The Kier molecular flexibility index (Phi) is 7.55. The van der Waals surface area contributed by atoms with Crippen molar-refractivity contribution < 1.29 is 9.50 Å². The molecule has 0 saturated heterocycles. The van der Waals surface area contributed by atoms with Crippen molar-refractivity contribution in [3.05, 3.63) is 29.8 Å². The number of halogens is 1. The van der Waals surface area contributed by atoms with Crippen molar-refractivity contribution in [3.63, 3.8) is 0 Å². The van der Waals surface area contributed by atoms with Crippen molar-refractivity contribution in [2.45, 2.75) is 32.2 Å². The van der Waals surface area contributed by atoms with E-state index in [1.807, 2.05) is 0 Å². The highest BCUT2D eigenvalue weighted by Crippen LogP contribution is 2.12. The van der Waals surface area contributed by atoms with Gasteiger partial charge in [-0.3, -0.25) is 4.98 Å². The van der Waals surface area contributed by atoms with Gasteiger partial charge >= 0.3 is 0 Å². The molecule has 0 radical (unpaired) electrons. The number of aromatic nitrogens is 1. The Labute approximate surface area is 114 Å². The Bertz CT molecular complexity index is 345. The van der Waals surface area contributed by atoms with Gasteiger partial charge in [-0.15, -0.1) is 0 Å². The van der Waals surface area contributed by atoms with E-state index in [4.69, 9.17) is 10.8 Å². The zero-order valence-electron chi connectivity index (χ0n) is 11.6. The quantitative estimate of drug-likeness (QED) is 0.716. The van der Waals surface area contributed by atoms with Gasteiger partial charge < -0.3 is 15.7 Å². The molecular formula is C14H24FN3O. The van der Waals surface area contributed by atoms with Crippen molar-refractivity contribution in [2.75, 3.05) is 26.2 Å². The predicted octanol–water partition coefficient (Wildman–Crippen LogP) is 1.70. The van der Waals surface area contributed by atoms with Crippen LogP contribution in [0.1, 0.15) is 37.9 Å². The number of nitrogens with two attached hydrogens (primary N) is 1. The monoisotopic (exact) mass is 269 g/mol. The molecular weight excluding hydrogens is 245 g/mol. The van der Waals surface area contributed by atoms with Crippen LogP contribution >= 0.6 is 0 Å². The van der Waals surface area contributed by atoms with Crippen LogP contribution in [0.2, 0.25) is 0 Å². The van der Waals surface area contributed by atoms with Gasteiger partial charge in [-0.05, 0) is 31.5 Å². The zero-order chi connectivity index (χ0) is 14.1. The Morgan fingerprint density at radius 2 is 2.16 bits per heavy atom. The average Bonchev–Trinajstić information content (AvgIpc) is 2.42. The normalized spacial score (nSPS) is 12.9. The molecule has 1 unspecified atom stereocenters. The van der Waals surface area contributed by atoms with Crippen LogP contribution in [0, 0.1) is 5.82 Å². The van der Waals surface area contributed by atoms with E-state index in [0.717, 1.165) is 32.4 Å². The maximum atomic E-state index is 12.8. The van der Waals surface area contributed by atoms with Crippen LogP contribution in [0.25, 0.3) is 0 Å². The minimum absolute atomic E-state index is 0.160. The van der Waals surface area contributed by atoms with Gasteiger partial charge in [0, 0.05) is 19.1 Å². The van der Waals surface area contributed by atoms with E-state index < -0.39 is 0 Å². The lowest BCUT2D eigenvalue weighted by atomic mass is 10.1. The molecule has 0 aliphatic carbocycles. The Balaban J connectivity index is 2.41. The largest absolute Gasteiger partial charge is 0.395 e. The summed E-state index contributed by atoms with van der Waals surface area (Å²) in [5.74, 6) is -0.346.